The quantitative estimate of drug-likeness (QED) is 0.703. The second kappa shape index (κ2) is 3.92. The minimum Gasteiger partial charge on any atom is -0.354 e. The number of rotatable bonds is 1. The minimum atomic E-state index is 0.312. The van der Waals surface area contributed by atoms with Crippen LogP contribution in [0.3, 0.4) is 0 Å². The molecule has 74 valence electrons. The molecule has 0 saturated carbocycles. The lowest BCUT2D eigenvalue weighted by molar-refractivity contribution is -0.119. The fourth-order valence-electron chi connectivity index (χ4n) is 1.51. The Morgan fingerprint density at radius 1 is 1.36 bits per heavy atom. The molecule has 0 atom stereocenters. The van der Waals surface area contributed by atoms with Crippen LogP contribution in [0, 0.1) is 0 Å². The van der Waals surface area contributed by atoms with Gasteiger partial charge < -0.3 is 4.90 Å². The van der Waals surface area contributed by atoms with E-state index in [1.54, 1.807) is 6.20 Å². The lowest BCUT2D eigenvalue weighted by Gasteiger charge is -2.27. The number of piperidine rings is 1. The van der Waals surface area contributed by atoms with E-state index in [1.165, 1.54) is 6.33 Å². The maximum atomic E-state index is 11.0. The first-order valence-electron chi connectivity index (χ1n) is 4.49. The minimum absolute atomic E-state index is 0.312. The topological polar surface area (TPSA) is 46.1 Å². The van der Waals surface area contributed by atoms with E-state index in [0.717, 1.165) is 5.82 Å². The van der Waals surface area contributed by atoms with Gasteiger partial charge in [-0.2, -0.15) is 0 Å². The van der Waals surface area contributed by atoms with Crippen molar-refractivity contribution in [2.75, 3.05) is 18.0 Å². The Labute approximate surface area is 86.9 Å². The molecule has 14 heavy (non-hydrogen) atoms. The van der Waals surface area contributed by atoms with Crippen LogP contribution in [-0.4, -0.2) is 28.8 Å². The molecule has 2 rings (SSSR count). The van der Waals surface area contributed by atoms with Crippen molar-refractivity contribution in [3.8, 4) is 0 Å². The Morgan fingerprint density at radius 2 is 2.07 bits per heavy atom. The van der Waals surface area contributed by atoms with Gasteiger partial charge in [0.15, 0.2) is 5.82 Å². The van der Waals surface area contributed by atoms with Gasteiger partial charge in [-0.3, -0.25) is 4.79 Å². The molecule has 1 fully saturated rings. The standard InChI is InChI=1S/C9H10ClN3O/c10-8-5-11-6-12-9(8)13-3-1-7(14)2-4-13/h5-6H,1-4H2. The molecule has 0 aliphatic carbocycles. The highest BCUT2D eigenvalue weighted by molar-refractivity contribution is 6.32. The third-order valence-electron chi connectivity index (χ3n) is 2.27. The summed E-state index contributed by atoms with van der Waals surface area (Å²) in [4.78, 5) is 21.0. The number of aromatic nitrogens is 2. The van der Waals surface area contributed by atoms with Gasteiger partial charge in [-0.05, 0) is 0 Å². The number of carbonyl (C=O) groups is 1. The van der Waals surface area contributed by atoms with Crippen LogP contribution in [-0.2, 0) is 4.79 Å². The third-order valence-corrected chi connectivity index (χ3v) is 2.54. The lowest BCUT2D eigenvalue weighted by atomic mass is 10.1. The number of hydrogen-bond acceptors (Lipinski definition) is 4. The number of Topliss-reactive ketones (excluding diaryl/α,β-unsaturated/α-hetero) is 1. The number of anilines is 1. The molecule has 5 heteroatoms. The molecule has 4 nitrogen and oxygen atoms in total. The van der Waals surface area contributed by atoms with Gasteiger partial charge in [0.05, 0.1) is 6.20 Å². The summed E-state index contributed by atoms with van der Waals surface area (Å²) in [6, 6.07) is 0. The van der Waals surface area contributed by atoms with E-state index >= 15 is 0 Å². The molecule has 0 unspecified atom stereocenters. The molecule has 1 aliphatic rings. The van der Waals surface area contributed by atoms with Crippen LogP contribution in [0.25, 0.3) is 0 Å². The summed E-state index contributed by atoms with van der Waals surface area (Å²) in [5.74, 6) is 1.04. The van der Waals surface area contributed by atoms with Crippen molar-refractivity contribution in [3.63, 3.8) is 0 Å². The molecule has 0 radical (unpaired) electrons. The second-order valence-corrected chi connectivity index (χ2v) is 3.63. The number of hydrogen-bond donors (Lipinski definition) is 0. The molecule has 1 aromatic rings. The van der Waals surface area contributed by atoms with E-state index < -0.39 is 0 Å². The van der Waals surface area contributed by atoms with E-state index in [4.69, 9.17) is 11.6 Å². The molecule has 1 aliphatic heterocycles. The molecule has 0 bridgehead atoms. The van der Waals surface area contributed by atoms with Crippen LogP contribution < -0.4 is 4.90 Å². The van der Waals surface area contributed by atoms with Crippen molar-refractivity contribution >= 4 is 23.2 Å². The van der Waals surface area contributed by atoms with E-state index in [2.05, 4.69) is 9.97 Å². The van der Waals surface area contributed by atoms with Crippen molar-refractivity contribution in [3.05, 3.63) is 17.5 Å². The number of carbonyl (C=O) groups excluding carboxylic acids is 1. The van der Waals surface area contributed by atoms with Crippen LogP contribution in [0.15, 0.2) is 12.5 Å². The Balaban J connectivity index is 2.16. The molecule has 1 saturated heterocycles. The molecule has 0 amide bonds. The summed E-state index contributed by atoms with van der Waals surface area (Å²) >= 11 is 5.94. The van der Waals surface area contributed by atoms with Crippen LogP contribution in [0.2, 0.25) is 5.02 Å². The highest BCUT2D eigenvalue weighted by atomic mass is 35.5. The molecular weight excluding hydrogens is 202 g/mol. The maximum Gasteiger partial charge on any atom is 0.150 e. The summed E-state index contributed by atoms with van der Waals surface area (Å²) in [6.45, 7) is 1.41. The number of ketones is 1. The van der Waals surface area contributed by atoms with Crippen molar-refractivity contribution < 1.29 is 4.79 Å². The Hall–Kier alpha value is -1.16. The normalized spacial score (nSPS) is 17.2. The lowest BCUT2D eigenvalue weighted by Crippen LogP contribution is -2.34. The van der Waals surface area contributed by atoms with Gasteiger partial charge in [0, 0.05) is 25.9 Å². The Morgan fingerprint density at radius 3 is 2.71 bits per heavy atom. The summed E-state index contributed by atoms with van der Waals surface area (Å²) in [7, 11) is 0. The van der Waals surface area contributed by atoms with Crippen molar-refractivity contribution in [1.82, 2.24) is 9.97 Å². The van der Waals surface area contributed by atoms with Gasteiger partial charge in [-0.1, -0.05) is 11.6 Å². The zero-order valence-electron chi connectivity index (χ0n) is 7.61. The smallest absolute Gasteiger partial charge is 0.150 e. The van der Waals surface area contributed by atoms with Crippen molar-refractivity contribution in [2.24, 2.45) is 0 Å². The average Bonchev–Trinajstić information content (AvgIpc) is 2.20. The van der Waals surface area contributed by atoms with Crippen molar-refractivity contribution in [1.29, 1.82) is 0 Å². The summed E-state index contributed by atoms with van der Waals surface area (Å²) in [6.07, 6.45) is 4.21. The first-order valence-corrected chi connectivity index (χ1v) is 4.87. The van der Waals surface area contributed by atoms with Gasteiger partial charge in [0.1, 0.15) is 17.1 Å². The third kappa shape index (κ3) is 1.85. The fourth-order valence-corrected chi connectivity index (χ4v) is 1.73. The van der Waals surface area contributed by atoms with Gasteiger partial charge in [0.2, 0.25) is 0 Å². The molecular formula is C9H10ClN3O. The van der Waals surface area contributed by atoms with E-state index in [0.29, 0.717) is 36.7 Å². The summed E-state index contributed by atoms with van der Waals surface area (Å²) in [5.41, 5.74) is 0. The Bertz CT molecular complexity index is 346. The van der Waals surface area contributed by atoms with Crippen LogP contribution in [0.1, 0.15) is 12.8 Å². The number of nitrogens with zero attached hydrogens (tertiary/aromatic N) is 3. The van der Waals surface area contributed by atoms with E-state index in [-0.39, 0.29) is 0 Å². The first kappa shape index (κ1) is 9.40. The molecule has 2 heterocycles. The van der Waals surface area contributed by atoms with Crippen LogP contribution in [0.4, 0.5) is 5.82 Å². The summed E-state index contributed by atoms with van der Waals surface area (Å²) < 4.78 is 0. The maximum absolute atomic E-state index is 11.0. The molecule has 0 N–H and O–H groups in total. The largest absolute Gasteiger partial charge is 0.354 e. The highest BCUT2D eigenvalue weighted by Gasteiger charge is 2.18. The zero-order chi connectivity index (χ0) is 9.97. The monoisotopic (exact) mass is 211 g/mol. The molecule has 0 spiro atoms. The number of halogens is 1. The van der Waals surface area contributed by atoms with Gasteiger partial charge in [-0.15, -0.1) is 0 Å². The highest BCUT2D eigenvalue weighted by Crippen LogP contribution is 2.23. The van der Waals surface area contributed by atoms with Crippen molar-refractivity contribution in [2.45, 2.75) is 12.8 Å². The predicted octanol–water partition coefficient (Wildman–Crippen LogP) is 1.30. The Kier molecular flexibility index (Phi) is 2.63. The zero-order valence-corrected chi connectivity index (χ0v) is 8.37. The average molecular weight is 212 g/mol. The molecule has 1 aromatic heterocycles. The second-order valence-electron chi connectivity index (χ2n) is 3.22. The van der Waals surface area contributed by atoms with Gasteiger partial charge >= 0.3 is 0 Å². The fraction of sp³-hybridized carbons (Fsp3) is 0.444. The van der Waals surface area contributed by atoms with Crippen LogP contribution >= 0.6 is 11.6 Å². The van der Waals surface area contributed by atoms with E-state index in [1.807, 2.05) is 4.90 Å². The van der Waals surface area contributed by atoms with Gasteiger partial charge in [-0.25, -0.2) is 9.97 Å². The van der Waals surface area contributed by atoms with Crippen LogP contribution in [0.5, 0.6) is 0 Å². The van der Waals surface area contributed by atoms with E-state index in [9.17, 15) is 4.79 Å². The predicted molar refractivity (Wildman–Crippen MR) is 53.5 cm³/mol. The summed E-state index contributed by atoms with van der Waals surface area (Å²) in [5, 5.41) is 0.543. The first-order chi connectivity index (χ1) is 6.77. The SMILES string of the molecule is O=C1CCN(c2ncncc2Cl)CC1. The van der Waals surface area contributed by atoms with Gasteiger partial charge in [0.25, 0.3) is 0 Å². The molecule has 0 aromatic carbocycles.